The van der Waals surface area contributed by atoms with Gasteiger partial charge in [0, 0.05) is 5.92 Å². The van der Waals surface area contributed by atoms with Crippen LogP contribution in [-0.4, -0.2) is 46.5 Å². The van der Waals surface area contributed by atoms with E-state index in [0.717, 1.165) is 0 Å². The van der Waals surface area contributed by atoms with Gasteiger partial charge in [-0.2, -0.15) is 0 Å². The Morgan fingerprint density at radius 2 is 1.78 bits per heavy atom. The van der Waals surface area contributed by atoms with Gasteiger partial charge in [0.25, 0.3) is 0 Å². The number of hydrogen-bond acceptors (Lipinski definition) is 7. The maximum atomic E-state index is 12.1. The Bertz CT molecular complexity index is 571. The molecule has 2 rings (SSSR count). The lowest BCUT2D eigenvalue weighted by atomic mass is 9.88. The van der Waals surface area contributed by atoms with Crippen molar-refractivity contribution < 1.29 is 33.3 Å². The molecular weight excluding hydrogens is 304 g/mol. The molecule has 2 atom stereocenters. The highest BCUT2D eigenvalue weighted by Gasteiger charge is 2.44. The number of methoxy groups -OCH3 is 3. The lowest BCUT2D eigenvalue weighted by molar-refractivity contribution is -0.155. The van der Waals surface area contributed by atoms with E-state index in [9.17, 15) is 9.59 Å². The van der Waals surface area contributed by atoms with Crippen LogP contribution in [0.25, 0.3) is 0 Å². The molecule has 1 aliphatic rings. The van der Waals surface area contributed by atoms with E-state index in [0.29, 0.717) is 22.8 Å². The van der Waals surface area contributed by atoms with Crippen LogP contribution in [0.4, 0.5) is 0 Å². The first-order chi connectivity index (χ1) is 11.1. The van der Waals surface area contributed by atoms with E-state index in [2.05, 4.69) is 0 Å². The average molecular weight is 324 g/mol. The van der Waals surface area contributed by atoms with Gasteiger partial charge in [-0.25, -0.2) is 0 Å². The molecule has 7 heteroatoms. The van der Waals surface area contributed by atoms with Crippen LogP contribution in [0.5, 0.6) is 17.2 Å². The van der Waals surface area contributed by atoms with Gasteiger partial charge in [0.05, 0.1) is 34.5 Å². The number of hydrogen-bond donors (Lipinski definition) is 0. The second-order valence-corrected chi connectivity index (χ2v) is 4.92. The Kier molecular flexibility index (Phi) is 5.31. The van der Waals surface area contributed by atoms with Gasteiger partial charge in [-0.1, -0.05) is 0 Å². The number of ether oxygens (including phenoxy) is 5. The lowest BCUT2D eigenvalue weighted by Gasteiger charge is -2.18. The van der Waals surface area contributed by atoms with E-state index in [1.807, 2.05) is 0 Å². The zero-order valence-corrected chi connectivity index (χ0v) is 13.6. The summed E-state index contributed by atoms with van der Waals surface area (Å²) in [6.07, 6.45) is 0. The van der Waals surface area contributed by atoms with E-state index < -0.39 is 23.8 Å². The number of cyclic esters (lactones) is 1. The van der Waals surface area contributed by atoms with Crippen molar-refractivity contribution in [1.29, 1.82) is 0 Å². The molecule has 1 aliphatic heterocycles. The minimum absolute atomic E-state index is 0.0982. The van der Waals surface area contributed by atoms with Crippen LogP contribution in [-0.2, 0) is 19.1 Å². The molecule has 1 saturated heterocycles. The smallest absolute Gasteiger partial charge is 0.321 e. The van der Waals surface area contributed by atoms with Crippen molar-refractivity contribution in [1.82, 2.24) is 0 Å². The molecule has 0 bridgehead atoms. The SMILES string of the molecule is CCOC(=O)[C@H]1C(=O)OC[C@H]1c1cc(OC)c(OC)c(OC)c1. The zero-order chi connectivity index (χ0) is 17.0. The molecule has 0 aliphatic carbocycles. The molecule has 1 aromatic carbocycles. The molecule has 0 radical (unpaired) electrons. The molecule has 0 unspecified atom stereocenters. The molecule has 1 fully saturated rings. The van der Waals surface area contributed by atoms with Gasteiger partial charge >= 0.3 is 11.9 Å². The van der Waals surface area contributed by atoms with Crippen LogP contribution in [0.3, 0.4) is 0 Å². The predicted molar refractivity (Wildman–Crippen MR) is 79.9 cm³/mol. The van der Waals surface area contributed by atoms with Gasteiger partial charge in [-0.15, -0.1) is 0 Å². The van der Waals surface area contributed by atoms with Crippen molar-refractivity contribution in [2.24, 2.45) is 5.92 Å². The predicted octanol–water partition coefficient (Wildman–Crippen LogP) is 1.53. The number of carbonyl (C=O) groups is 2. The van der Waals surface area contributed by atoms with Crippen molar-refractivity contribution in [3.05, 3.63) is 17.7 Å². The lowest BCUT2D eigenvalue weighted by Crippen LogP contribution is -2.26. The zero-order valence-electron chi connectivity index (χ0n) is 13.6. The molecular formula is C16H20O7. The van der Waals surface area contributed by atoms with Gasteiger partial charge in [0.2, 0.25) is 5.75 Å². The Morgan fingerprint density at radius 1 is 1.17 bits per heavy atom. The molecule has 0 amide bonds. The van der Waals surface area contributed by atoms with Crippen molar-refractivity contribution >= 4 is 11.9 Å². The normalized spacial score (nSPS) is 19.9. The third-order valence-electron chi connectivity index (χ3n) is 3.72. The average Bonchev–Trinajstić information content (AvgIpc) is 2.95. The largest absolute Gasteiger partial charge is 0.493 e. The minimum Gasteiger partial charge on any atom is -0.493 e. The Balaban J connectivity index is 2.43. The monoisotopic (exact) mass is 324 g/mol. The van der Waals surface area contributed by atoms with Crippen molar-refractivity contribution in [2.75, 3.05) is 34.5 Å². The molecule has 7 nitrogen and oxygen atoms in total. The highest BCUT2D eigenvalue weighted by atomic mass is 16.6. The highest BCUT2D eigenvalue weighted by Crippen LogP contribution is 2.43. The first-order valence-corrected chi connectivity index (χ1v) is 7.20. The van der Waals surface area contributed by atoms with Crippen LogP contribution >= 0.6 is 0 Å². The summed E-state index contributed by atoms with van der Waals surface area (Å²) in [4.78, 5) is 24.0. The second-order valence-electron chi connectivity index (χ2n) is 4.92. The quantitative estimate of drug-likeness (QED) is 0.580. The topological polar surface area (TPSA) is 80.3 Å². The first-order valence-electron chi connectivity index (χ1n) is 7.20. The summed E-state index contributed by atoms with van der Waals surface area (Å²) in [7, 11) is 4.50. The van der Waals surface area contributed by atoms with E-state index in [4.69, 9.17) is 23.7 Å². The van der Waals surface area contributed by atoms with E-state index in [-0.39, 0.29) is 13.2 Å². The number of benzene rings is 1. The van der Waals surface area contributed by atoms with Gasteiger partial charge in [-0.05, 0) is 24.6 Å². The summed E-state index contributed by atoms with van der Waals surface area (Å²) in [5, 5.41) is 0. The fourth-order valence-corrected chi connectivity index (χ4v) is 2.62. The molecule has 1 heterocycles. The molecule has 0 spiro atoms. The van der Waals surface area contributed by atoms with Crippen LogP contribution in [0.15, 0.2) is 12.1 Å². The molecule has 0 saturated carbocycles. The van der Waals surface area contributed by atoms with Crippen LogP contribution in [0.1, 0.15) is 18.4 Å². The summed E-state index contributed by atoms with van der Waals surface area (Å²) in [6, 6.07) is 3.42. The number of rotatable bonds is 6. The fourth-order valence-electron chi connectivity index (χ4n) is 2.62. The van der Waals surface area contributed by atoms with Gasteiger partial charge < -0.3 is 23.7 Å². The van der Waals surface area contributed by atoms with Gasteiger partial charge in [0.15, 0.2) is 17.4 Å². The Labute approximate surface area is 134 Å². The minimum atomic E-state index is -0.988. The van der Waals surface area contributed by atoms with Crippen LogP contribution in [0, 0.1) is 5.92 Å². The Hall–Kier alpha value is -2.44. The molecule has 0 N–H and O–H groups in total. The maximum Gasteiger partial charge on any atom is 0.321 e. The Morgan fingerprint density at radius 3 is 2.26 bits per heavy atom. The third kappa shape index (κ3) is 3.18. The first kappa shape index (κ1) is 16.9. The van der Waals surface area contributed by atoms with Crippen LogP contribution in [0.2, 0.25) is 0 Å². The molecule has 0 aromatic heterocycles. The highest BCUT2D eigenvalue weighted by molar-refractivity contribution is 5.97. The summed E-state index contributed by atoms with van der Waals surface area (Å²) in [5.41, 5.74) is 0.684. The van der Waals surface area contributed by atoms with Crippen molar-refractivity contribution in [2.45, 2.75) is 12.8 Å². The third-order valence-corrected chi connectivity index (χ3v) is 3.72. The fraction of sp³-hybridized carbons (Fsp3) is 0.500. The second kappa shape index (κ2) is 7.21. The van der Waals surface area contributed by atoms with Crippen molar-refractivity contribution in [3.8, 4) is 17.2 Å². The van der Waals surface area contributed by atoms with E-state index in [1.54, 1.807) is 19.1 Å². The maximum absolute atomic E-state index is 12.1. The number of carbonyl (C=O) groups excluding carboxylic acids is 2. The van der Waals surface area contributed by atoms with Crippen molar-refractivity contribution in [3.63, 3.8) is 0 Å². The van der Waals surface area contributed by atoms with Gasteiger partial charge in [-0.3, -0.25) is 9.59 Å². The molecule has 1 aromatic rings. The summed E-state index contributed by atoms with van der Waals surface area (Å²) >= 11 is 0. The molecule has 126 valence electrons. The summed E-state index contributed by atoms with van der Waals surface area (Å²) in [6.45, 7) is 1.98. The standard InChI is InChI=1S/C16H20O7/c1-5-22-15(17)13-10(8-23-16(13)18)9-6-11(19-2)14(21-4)12(7-9)20-3/h6-7,10,13H,5,8H2,1-4H3/t10-,13-/m0/s1. The van der Waals surface area contributed by atoms with Gasteiger partial charge in [0.1, 0.15) is 0 Å². The van der Waals surface area contributed by atoms with Crippen LogP contribution < -0.4 is 14.2 Å². The van der Waals surface area contributed by atoms with E-state index >= 15 is 0 Å². The van der Waals surface area contributed by atoms with E-state index in [1.165, 1.54) is 21.3 Å². The summed E-state index contributed by atoms with van der Waals surface area (Å²) in [5.74, 6) is -1.28. The molecule has 23 heavy (non-hydrogen) atoms. The summed E-state index contributed by atoms with van der Waals surface area (Å²) < 4.78 is 25.9. The number of esters is 2.